The van der Waals surface area contributed by atoms with Crippen molar-refractivity contribution in [2.45, 2.75) is 25.5 Å². The highest BCUT2D eigenvalue weighted by Gasteiger charge is 2.27. The third-order valence-electron chi connectivity index (χ3n) is 5.48. The summed E-state index contributed by atoms with van der Waals surface area (Å²) in [5, 5.41) is 18.0. The summed E-state index contributed by atoms with van der Waals surface area (Å²) in [6.45, 7) is 1.54. The monoisotopic (exact) mass is 410 g/mol. The van der Waals surface area contributed by atoms with E-state index in [-0.39, 0.29) is 24.5 Å². The van der Waals surface area contributed by atoms with Gasteiger partial charge in [-0.1, -0.05) is 6.07 Å². The maximum Gasteiger partial charge on any atom is 0.270 e. The Hall–Kier alpha value is -2.97. The molecule has 0 radical (unpaired) electrons. The van der Waals surface area contributed by atoms with Crippen molar-refractivity contribution in [2.75, 3.05) is 19.8 Å². The molecule has 1 unspecified atom stereocenters. The van der Waals surface area contributed by atoms with Crippen molar-refractivity contribution < 1.29 is 19.4 Å². The average molecular weight is 410 g/mol. The predicted octanol–water partition coefficient (Wildman–Crippen LogP) is 2.06. The molecule has 2 aromatic heterocycles. The number of benzene rings is 1. The van der Waals surface area contributed by atoms with Crippen molar-refractivity contribution >= 4 is 16.8 Å². The molecule has 0 saturated carbocycles. The maximum absolute atomic E-state index is 13.1. The van der Waals surface area contributed by atoms with E-state index in [1.807, 2.05) is 36.4 Å². The maximum atomic E-state index is 13.1. The zero-order valence-electron chi connectivity index (χ0n) is 17.0. The summed E-state index contributed by atoms with van der Waals surface area (Å²) in [5.41, 5.74) is 1.97. The van der Waals surface area contributed by atoms with Crippen molar-refractivity contribution in [3.8, 4) is 5.75 Å². The average Bonchev–Trinajstić information content (AvgIpc) is 3.12. The Morgan fingerprint density at radius 2 is 2.17 bits per heavy atom. The number of carbonyl (C=O) groups is 1. The number of nitrogens with zero attached hydrogens (tertiary/aromatic N) is 3. The molecule has 158 valence electrons. The van der Waals surface area contributed by atoms with E-state index >= 15 is 0 Å². The third-order valence-corrected chi connectivity index (χ3v) is 5.48. The lowest BCUT2D eigenvalue weighted by atomic mass is 9.92. The van der Waals surface area contributed by atoms with Crippen molar-refractivity contribution in [3.05, 3.63) is 54.0 Å². The summed E-state index contributed by atoms with van der Waals surface area (Å²) in [6, 6.07) is 10.8. The zero-order valence-corrected chi connectivity index (χ0v) is 17.0. The van der Waals surface area contributed by atoms with Crippen LogP contribution in [0.5, 0.6) is 5.75 Å². The van der Waals surface area contributed by atoms with Crippen LogP contribution in [0, 0.1) is 5.92 Å². The molecule has 1 aromatic carbocycles. The van der Waals surface area contributed by atoms with Gasteiger partial charge in [0.05, 0.1) is 23.9 Å². The Balaban J connectivity index is 1.53. The highest BCUT2D eigenvalue weighted by Crippen LogP contribution is 2.25. The summed E-state index contributed by atoms with van der Waals surface area (Å²) in [7, 11) is 1.74. The van der Waals surface area contributed by atoms with Gasteiger partial charge in [-0.15, -0.1) is 0 Å². The first-order valence-corrected chi connectivity index (χ1v) is 10.1. The molecule has 0 spiro atoms. The molecule has 3 aromatic rings. The number of hydrogen-bond donors (Lipinski definition) is 2. The minimum atomic E-state index is -0.310. The van der Waals surface area contributed by atoms with Gasteiger partial charge in [0, 0.05) is 31.8 Å². The third kappa shape index (κ3) is 4.44. The number of aliphatic hydroxyl groups is 1. The summed E-state index contributed by atoms with van der Waals surface area (Å²) in [6.07, 6.45) is 3.37. The number of rotatable bonds is 7. The zero-order chi connectivity index (χ0) is 20.9. The van der Waals surface area contributed by atoms with Crippen molar-refractivity contribution in [1.29, 1.82) is 0 Å². The Morgan fingerprint density at radius 1 is 1.33 bits per heavy atom. The van der Waals surface area contributed by atoms with Crippen molar-refractivity contribution in [1.82, 2.24) is 20.1 Å². The molecule has 0 aliphatic carbocycles. The number of nitrogens with one attached hydrogen (secondary N) is 1. The van der Waals surface area contributed by atoms with Gasteiger partial charge in [-0.25, -0.2) is 0 Å². The van der Waals surface area contributed by atoms with E-state index in [2.05, 4.69) is 15.4 Å². The Morgan fingerprint density at radius 3 is 2.90 bits per heavy atom. The highest BCUT2D eigenvalue weighted by molar-refractivity contribution is 6.05. The molecule has 1 amide bonds. The van der Waals surface area contributed by atoms with Crippen LogP contribution in [0.15, 0.2) is 42.6 Å². The first kappa shape index (κ1) is 20.3. The standard InChI is InChI=1S/C22H26N4O4/c1-26-21(22(28)24-20(13-27)15-7-10-29-11-8-15)18-12-17(5-6-19(18)25-26)30-14-16-4-2-3-9-23-16/h2-6,9,12,15,20,27H,7-8,10-11,13-14H2,1H3,(H,24,28). The van der Waals surface area contributed by atoms with Crippen LogP contribution in [0.25, 0.3) is 10.9 Å². The van der Waals surface area contributed by atoms with E-state index in [9.17, 15) is 9.90 Å². The number of carbonyl (C=O) groups excluding carboxylic acids is 1. The molecule has 30 heavy (non-hydrogen) atoms. The Labute approximate surface area is 174 Å². The van der Waals surface area contributed by atoms with Gasteiger partial charge in [0.2, 0.25) is 0 Å². The second-order valence-corrected chi connectivity index (χ2v) is 7.47. The molecule has 8 heteroatoms. The van der Waals surface area contributed by atoms with Gasteiger partial charge in [-0.05, 0) is 49.1 Å². The number of aliphatic hydroxyl groups excluding tert-OH is 1. The molecule has 0 bridgehead atoms. The quantitative estimate of drug-likeness (QED) is 0.619. The Kier molecular flexibility index (Phi) is 6.25. The first-order valence-electron chi connectivity index (χ1n) is 10.1. The number of aryl methyl sites for hydroxylation is 1. The molecule has 8 nitrogen and oxygen atoms in total. The van der Waals surface area contributed by atoms with Gasteiger partial charge in [-0.3, -0.25) is 14.5 Å². The smallest absolute Gasteiger partial charge is 0.270 e. The molecular formula is C22H26N4O4. The number of pyridine rings is 1. The number of fused-ring (bicyclic) bond motifs is 1. The summed E-state index contributed by atoms with van der Waals surface area (Å²) in [5.74, 6) is 0.579. The number of aromatic nitrogens is 3. The van der Waals surface area contributed by atoms with Crippen LogP contribution in [0.4, 0.5) is 0 Å². The molecule has 2 N–H and O–H groups in total. The van der Waals surface area contributed by atoms with Gasteiger partial charge < -0.3 is 19.9 Å². The number of ether oxygens (including phenoxy) is 2. The molecule has 1 aliphatic heterocycles. The van der Waals surface area contributed by atoms with Crippen LogP contribution in [0.1, 0.15) is 29.0 Å². The normalized spacial score (nSPS) is 15.8. The van der Waals surface area contributed by atoms with Gasteiger partial charge in [0.1, 0.15) is 18.1 Å². The molecule has 4 rings (SSSR count). The lowest BCUT2D eigenvalue weighted by Crippen LogP contribution is -2.45. The van der Waals surface area contributed by atoms with E-state index in [0.29, 0.717) is 42.2 Å². The molecule has 1 aliphatic rings. The topological polar surface area (TPSA) is 98.5 Å². The summed E-state index contributed by atoms with van der Waals surface area (Å²) >= 11 is 0. The van der Waals surface area contributed by atoms with E-state index in [1.54, 1.807) is 17.9 Å². The second-order valence-electron chi connectivity index (χ2n) is 7.47. The number of hydrogen-bond acceptors (Lipinski definition) is 6. The van der Waals surface area contributed by atoms with Crippen LogP contribution < -0.4 is 10.1 Å². The van der Waals surface area contributed by atoms with E-state index < -0.39 is 0 Å². The number of amides is 1. The van der Waals surface area contributed by atoms with Gasteiger partial charge in [0.25, 0.3) is 5.91 Å². The molecule has 3 heterocycles. The van der Waals surface area contributed by atoms with E-state index in [0.717, 1.165) is 18.5 Å². The summed E-state index contributed by atoms with van der Waals surface area (Å²) < 4.78 is 12.8. The molecule has 1 atom stereocenters. The molecule has 1 saturated heterocycles. The SMILES string of the molecule is Cn1nc2ccc(OCc3ccccn3)cc2c1C(=O)NC(CO)C1CCOCC1. The van der Waals surface area contributed by atoms with Gasteiger partial charge in [0.15, 0.2) is 0 Å². The van der Waals surface area contributed by atoms with Crippen molar-refractivity contribution in [3.63, 3.8) is 0 Å². The summed E-state index contributed by atoms with van der Waals surface area (Å²) in [4.78, 5) is 17.3. The van der Waals surface area contributed by atoms with Gasteiger partial charge >= 0.3 is 0 Å². The van der Waals surface area contributed by atoms with Crippen LogP contribution in [0.2, 0.25) is 0 Å². The fourth-order valence-electron chi connectivity index (χ4n) is 3.85. The molecule has 1 fully saturated rings. The lowest BCUT2D eigenvalue weighted by Gasteiger charge is -2.29. The molecular weight excluding hydrogens is 384 g/mol. The second kappa shape index (κ2) is 9.23. The van der Waals surface area contributed by atoms with Crippen LogP contribution in [-0.2, 0) is 18.4 Å². The van der Waals surface area contributed by atoms with E-state index in [4.69, 9.17) is 9.47 Å². The lowest BCUT2D eigenvalue weighted by molar-refractivity contribution is 0.0418. The minimum Gasteiger partial charge on any atom is -0.487 e. The largest absolute Gasteiger partial charge is 0.487 e. The Bertz CT molecular complexity index is 999. The predicted molar refractivity (Wildman–Crippen MR) is 111 cm³/mol. The fraction of sp³-hybridized carbons (Fsp3) is 0.409. The van der Waals surface area contributed by atoms with Crippen LogP contribution in [0.3, 0.4) is 0 Å². The van der Waals surface area contributed by atoms with Crippen LogP contribution in [-0.4, -0.2) is 51.6 Å². The van der Waals surface area contributed by atoms with Crippen molar-refractivity contribution in [2.24, 2.45) is 13.0 Å². The van der Waals surface area contributed by atoms with Gasteiger partial charge in [-0.2, -0.15) is 5.10 Å². The first-order chi connectivity index (χ1) is 14.7. The minimum absolute atomic E-state index is 0.107. The van der Waals surface area contributed by atoms with E-state index in [1.165, 1.54) is 0 Å². The van der Waals surface area contributed by atoms with Crippen LogP contribution >= 0.6 is 0 Å². The highest BCUT2D eigenvalue weighted by atomic mass is 16.5. The fourth-order valence-corrected chi connectivity index (χ4v) is 3.85.